The number of nitrogens with zero attached hydrogens (tertiary/aromatic N) is 3. The lowest BCUT2D eigenvalue weighted by Gasteiger charge is -2.17. The number of aromatic nitrogens is 2. The molecule has 3 aromatic carbocycles. The summed E-state index contributed by atoms with van der Waals surface area (Å²) in [5, 5.41) is 7.67. The first kappa shape index (κ1) is 22.9. The zero-order chi connectivity index (χ0) is 24.4. The molecular formula is C27H26N4O3S. The number of hydrogen-bond donors (Lipinski definition) is 1. The van der Waals surface area contributed by atoms with Crippen molar-refractivity contribution < 1.29 is 13.2 Å². The summed E-state index contributed by atoms with van der Waals surface area (Å²) in [7, 11) is -3.31. The first-order valence-electron chi connectivity index (χ1n) is 11.6. The molecule has 35 heavy (non-hydrogen) atoms. The Hall–Kier alpha value is -3.91. The van der Waals surface area contributed by atoms with E-state index < -0.39 is 10.0 Å². The molecule has 2 heterocycles. The Balaban J connectivity index is 1.49. The van der Waals surface area contributed by atoms with E-state index in [0.29, 0.717) is 35.6 Å². The van der Waals surface area contributed by atoms with E-state index in [1.54, 1.807) is 35.1 Å². The van der Waals surface area contributed by atoms with Gasteiger partial charge in [0.25, 0.3) is 5.91 Å². The summed E-state index contributed by atoms with van der Waals surface area (Å²) < 4.78 is 27.8. The maximum Gasteiger partial charge on any atom is 0.259 e. The molecule has 0 bridgehead atoms. The molecule has 0 spiro atoms. The summed E-state index contributed by atoms with van der Waals surface area (Å²) >= 11 is 0. The molecule has 4 aromatic rings. The van der Waals surface area contributed by atoms with Crippen molar-refractivity contribution in [1.29, 1.82) is 0 Å². The van der Waals surface area contributed by atoms with E-state index in [1.807, 2.05) is 54.6 Å². The summed E-state index contributed by atoms with van der Waals surface area (Å²) in [6.07, 6.45) is 3.25. The zero-order valence-corrected chi connectivity index (χ0v) is 20.2. The molecular weight excluding hydrogens is 460 g/mol. The van der Waals surface area contributed by atoms with Crippen molar-refractivity contribution in [3.63, 3.8) is 0 Å². The van der Waals surface area contributed by atoms with Crippen molar-refractivity contribution in [3.8, 4) is 16.9 Å². The second kappa shape index (κ2) is 9.38. The van der Waals surface area contributed by atoms with Gasteiger partial charge in [0.2, 0.25) is 10.0 Å². The average Bonchev–Trinajstić information content (AvgIpc) is 3.48. The van der Waals surface area contributed by atoms with Crippen LogP contribution in [-0.4, -0.2) is 36.4 Å². The highest BCUT2D eigenvalue weighted by atomic mass is 32.2. The van der Waals surface area contributed by atoms with Crippen LogP contribution in [0.3, 0.4) is 0 Å². The maximum absolute atomic E-state index is 13.4. The Bertz CT molecular complexity index is 1460. The standard InChI is InChI=1S/C27H26N4O3S/c1-2-20-12-14-21(15-13-20)26-25(19-30(29-26)23-9-4-3-5-10-23)27(32)28-22-8-6-11-24(18-22)31-16-7-17-35(31,33)34/h3-6,8-15,18-19H,2,7,16-17H2,1H3,(H,28,32). The van der Waals surface area contributed by atoms with Crippen molar-refractivity contribution in [2.75, 3.05) is 21.9 Å². The summed E-state index contributed by atoms with van der Waals surface area (Å²) in [5.41, 5.74) is 4.98. The minimum absolute atomic E-state index is 0.141. The van der Waals surface area contributed by atoms with Crippen LogP contribution in [0.25, 0.3) is 16.9 Å². The van der Waals surface area contributed by atoms with E-state index in [4.69, 9.17) is 5.10 Å². The van der Waals surface area contributed by atoms with Crippen LogP contribution < -0.4 is 9.62 Å². The third-order valence-electron chi connectivity index (χ3n) is 6.11. The molecule has 8 heteroatoms. The number of hydrogen-bond acceptors (Lipinski definition) is 4. The van der Waals surface area contributed by atoms with Crippen LogP contribution in [-0.2, 0) is 16.4 Å². The van der Waals surface area contributed by atoms with Crippen LogP contribution in [0.15, 0.2) is 85.1 Å². The molecule has 0 unspecified atom stereocenters. The number of carbonyl (C=O) groups is 1. The van der Waals surface area contributed by atoms with E-state index >= 15 is 0 Å². The van der Waals surface area contributed by atoms with Gasteiger partial charge in [-0.15, -0.1) is 0 Å². The number of anilines is 2. The van der Waals surface area contributed by atoms with E-state index in [1.165, 1.54) is 9.87 Å². The van der Waals surface area contributed by atoms with Gasteiger partial charge < -0.3 is 5.32 Å². The molecule has 1 aliphatic heterocycles. The number of rotatable bonds is 6. The Kier molecular flexibility index (Phi) is 6.13. The number of benzene rings is 3. The summed E-state index contributed by atoms with van der Waals surface area (Å²) in [6.45, 7) is 2.54. The highest BCUT2D eigenvalue weighted by molar-refractivity contribution is 7.93. The first-order valence-corrected chi connectivity index (χ1v) is 13.2. The average molecular weight is 487 g/mol. The fraction of sp³-hybridized carbons (Fsp3) is 0.185. The smallest absolute Gasteiger partial charge is 0.259 e. The number of aryl methyl sites for hydroxylation is 1. The fourth-order valence-corrected chi connectivity index (χ4v) is 5.79. The molecule has 1 aromatic heterocycles. The number of para-hydroxylation sites is 1. The minimum atomic E-state index is -3.31. The fourth-order valence-electron chi connectivity index (χ4n) is 4.23. The van der Waals surface area contributed by atoms with Gasteiger partial charge in [0.05, 0.1) is 22.7 Å². The van der Waals surface area contributed by atoms with Crippen LogP contribution in [0.1, 0.15) is 29.3 Å². The van der Waals surface area contributed by atoms with Crippen LogP contribution in [0.4, 0.5) is 11.4 Å². The van der Waals surface area contributed by atoms with Crippen LogP contribution in [0.5, 0.6) is 0 Å². The van der Waals surface area contributed by atoms with E-state index in [0.717, 1.165) is 17.7 Å². The normalized spacial score (nSPS) is 14.7. The largest absolute Gasteiger partial charge is 0.322 e. The number of nitrogens with one attached hydrogen (secondary N) is 1. The highest BCUT2D eigenvalue weighted by Gasteiger charge is 2.28. The minimum Gasteiger partial charge on any atom is -0.322 e. The highest BCUT2D eigenvalue weighted by Crippen LogP contribution is 2.28. The quantitative estimate of drug-likeness (QED) is 0.420. The third-order valence-corrected chi connectivity index (χ3v) is 7.98. The molecule has 0 saturated carbocycles. The lowest BCUT2D eigenvalue weighted by Crippen LogP contribution is -2.25. The molecule has 0 radical (unpaired) electrons. The van der Waals surface area contributed by atoms with Gasteiger partial charge in [0.1, 0.15) is 5.69 Å². The topological polar surface area (TPSA) is 84.3 Å². The maximum atomic E-state index is 13.4. The van der Waals surface area contributed by atoms with Crippen LogP contribution in [0.2, 0.25) is 0 Å². The van der Waals surface area contributed by atoms with E-state index in [2.05, 4.69) is 12.2 Å². The van der Waals surface area contributed by atoms with Gasteiger partial charge in [0, 0.05) is 24.0 Å². The number of amides is 1. The van der Waals surface area contributed by atoms with Gasteiger partial charge >= 0.3 is 0 Å². The number of sulfonamides is 1. The summed E-state index contributed by atoms with van der Waals surface area (Å²) in [5.74, 6) is -0.175. The van der Waals surface area contributed by atoms with Gasteiger partial charge in [-0.3, -0.25) is 9.10 Å². The van der Waals surface area contributed by atoms with Crippen LogP contribution in [0, 0.1) is 0 Å². The lowest BCUT2D eigenvalue weighted by atomic mass is 10.0. The van der Waals surface area contributed by atoms with Crippen molar-refractivity contribution in [3.05, 3.63) is 96.2 Å². The molecule has 1 N–H and O–H groups in total. The van der Waals surface area contributed by atoms with Gasteiger partial charge in [-0.2, -0.15) is 5.10 Å². The molecule has 1 amide bonds. The molecule has 178 valence electrons. The van der Waals surface area contributed by atoms with Crippen molar-refractivity contribution in [1.82, 2.24) is 9.78 Å². The summed E-state index contributed by atoms with van der Waals surface area (Å²) in [4.78, 5) is 13.4. The Morgan fingerprint density at radius 3 is 2.40 bits per heavy atom. The molecule has 7 nitrogen and oxygen atoms in total. The number of carbonyl (C=O) groups excluding carboxylic acids is 1. The Morgan fingerprint density at radius 2 is 1.71 bits per heavy atom. The summed E-state index contributed by atoms with van der Waals surface area (Å²) in [6, 6.07) is 24.6. The predicted molar refractivity (Wildman–Crippen MR) is 139 cm³/mol. The monoisotopic (exact) mass is 486 g/mol. The molecule has 5 rings (SSSR count). The van der Waals surface area contributed by atoms with Crippen molar-refractivity contribution >= 4 is 27.3 Å². The molecule has 0 atom stereocenters. The van der Waals surface area contributed by atoms with Gasteiger partial charge in [-0.1, -0.05) is 55.5 Å². The Morgan fingerprint density at radius 1 is 0.971 bits per heavy atom. The SMILES string of the molecule is CCc1ccc(-c2nn(-c3ccccc3)cc2C(=O)Nc2cccc(N3CCCS3(=O)=O)c2)cc1. The van der Waals surface area contributed by atoms with Crippen molar-refractivity contribution in [2.45, 2.75) is 19.8 Å². The van der Waals surface area contributed by atoms with E-state index in [9.17, 15) is 13.2 Å². The van der Waals surface area contributed by atoms with Gasteiger partial charge in [-0.25, -0.2) is 13.1 Å². The predicted octanol–water partition coefficient (Wildman–Crippen LogP) is 4.89. The molecule has 1 fully saturated rings. The lowest BCUT2D eigenvalue weighted by molar-refractivity contribution is 0.102. The molecule has 0 aliphatic carbocycles. The first-order chi connectivity index (χ1) is 16.9. The zero-order valence-electron chi connectivity index (χ0n) is 19.4. The second-order valence-electron chi connectivity index (χ2n) is 8.47. The molecule has 1 saturated heterocycles. The van der Waals surface area contributed by atoms with Crippen molar-refractivity contribution in [2.24, 2.45) is 0 Å². The van der Waals surface area contributed by atoms with Gasteiger partial charge in [0.15, 0.2) is 0 Å². The van der Waals surface area contributed by atoms with Crippen LogP contribution >= 0.6 is 0 Å². The third kappa shape index (κ3) is 4.70. The Labute approximate surface area is 205 Å². The molecule has 1 aliphatic rings. The van der Waals surface area contributed by atoms with E-state index in [-0.39, 0.29) is 11.7 Å². The second-order valence-corrected chi connectivity index (χ2v) is 10.5. The van der Waals surface area contributed by atoms with Gasteiger partial charge in [-0.05, 0) is 48.7 Å².